The smallest absolute Gasteiger partial charge is 0.748 e. The molecule has 0 saturated carbocycles. The van der Waals surface area contributed by atoms with Gasteiger partial charge in [-0.05, 0) is 25.7 Å². The van der Waals surface area contributed by atoms with Crippen molar-refractivity contribution in [3.05, 3.63) is 0 Å². The van der Waals surface area contributed by atoms with Gasteiger partial charge < -0.3 is 9.66 Å². The minimum Gasteiger partial charge on any atom is -0.748 e. The molecule has 0 aliphatic heterocycles. The Labute approximate surface area is 204 Å². The predicted octanol–water partition coefficient (Wildman–Crippen LogP) is 3.72. The van der Waals surface area contributed by atoms with Crippen molar-refractivity contribution in [1.29, 1.82) is 0 Å². The van der Waals surface area contributed by atoms with E-state index in [0.29, 0.717) is 12.8 Å². The molecular weight excluding hydrogens is 395 g/mol. The molecule has 0 aromatic heterocycles. The van der Waals surface area contributed by atoms with E-state index in [-0.39, 0.29) is 35.7 Å². The Balaban J connectivity index is 0. The molecule has 0 aliphatic rings. The van der Waals surface area contributed by atoms with Crippen molar-refractivity contribution >= 4 is 10.1 Å². The zero-order chi connectivity index (χ0) is 21.1. The van der Waals surface area contributed by atoms with Crippen LogP contribution in [0.1, 0.15) is 136 Å². The van der Waals surface area contributed by atoms with Crippen LogP contribution in [0.25, 0.3) is 0 Å². The summed E-state index contributed by atoms with van der Waals surface area (Å²) in [5.41, 5.74) is 0. The molecule has 0 rings (SSSR count). The molecule has 0 aliphatic carbocycles. The Hall–Kier alpha value is 0.870. The molecule has 0 radical (unpaired) electrons. The number of hydrogen-bond acceptors (Lipinski definition) is 4. The first-order valence-corrected chi connectivity index (χ1v) is 13.5. The predicted molar refractivity (Wildman–Crippen MR) is 119 cm³/mol. The summed E-state index contributed by atoms with van der Waals surface area (Å²) in [6, 6.07) is 0. The van der Waals surface area contributed by atoms with E-state index in [2.05, 4.69) is 6.92 Å². The maximum atomic E-state index is 11.5. The largest absolute Gasteiger partial charge is 1.00 e. The molecule has 0 fully saturated rings. The molecule has 0 bridgehead atoms. The molecule has 0 amide bonds. The van der Waals surface area contributed by atoms with E-state index in [0.717, 1.165) is 70.6 Å². The molecule has 4 nitrogen and oxygen atoms in total. The monoisotopic (exact) mass is 442 g/mol. The van der Waals surface area contributed by atoms with Gasteiger partial charge in [-0.25, -0.2) is 8.42 Å². The molecule has 2 atom stereocenters. The van der Waals surface area contributed by atoms with E-state index < -0.39 is 15.4 Å². The SMILES string of the molecule is CCCCCCCCCCCC(CCCCCCCCC(O)CC)S(=O)(=O)[O-].[Na+]. The molecule has 0 spiro atoms. The van der Waals surface area contributed by atoms with Gasteiger partial charge in [0.05, 0.1) is 16.2 Å². The molecule has 0 heterocycles. The average Bonchev–Trinajstić information content (AvgIpc) is 2.65. The summed E-state index contributed by atoms with van der Waals surface area (Å²) in [5, 5.41) is 8.83. The molecule has 2 unspecified atom stereocenters. The fourth-order valence-electron chi connectivity index (χ4n) is 3.78. The first kappa shape index (κ1) is 32.1. The molecule has 29 heavy (non-hydrogen) atoms. The minimum atomic E-state index is -4.16. The molecule has 6 heteroatoms. The van der Waals surface area contributed by atoms with Crippen molar-refractivity contribution in [2.75, 3.05) is 0 Å². The van der Waals surface area contributed by atoms with Crippen molar-refractivity contribution in [1.82, 2.24) is 0 Å². The summed E-state index contributed by atoms with van der Waals surface area (Å²) in [6.07, 6.45) is 19.6. The number of unbranched alkanes of at least 4 members (excludes halogenated alkanes) is 13. The summed E-state index contributed by atoms with van der Waals surface area (Å²) < 4.78 is 34.5. The van der Waals surface area contributed by atoms with Crippen molar-refractivity contribution in [3.8, 4) is 0 Å². The van der Waals surface area contributed by atoms with Crippen LogP contribution in [0, 0.1) is 0 Å². The third kappa shape index (κ3) is 21.9. The normalized spacial score (nSPS) is 13.8. The van der Waals surface area contributed by atoms with E-state index in [4.69, 9.17) is 0 Å². The Morgan fingerprint density at radius 3 is 1.34 bits per heavy atom. The summed E-state index contributed by atoms with van der Waals surface area (Å²) in [6.45, 7) is 4.22. The van der Waals surface area contributed by atoms with Crippen LogP contribution in [0.2, 0.25) is 0 Å². The zero-order valence-electron chi connectivity index (χ0n) is 19.7. The van der Waals surface area contributed by atoms with Gasteiger partial charge in [-0.1, -0.05) is 110 Å². The Bertz CT molecular complexity index is 429. The van der Waals surface area contributed by atoms with Crippen molar-refractivity contribution in [2.45, 2.75) is 147 Å². The Kier molecular flexibility index (Phi) is 24.4. The van der Waals surface area contributed by atoms with Crippen LogP contribution in [0.5, 0.6) is 0 Å². The quantitative estimate of drug-likeness (QED) is 0.167. The summed E-state index contributed by atoms with van der Waals surface area (Å²) in [5.74, 6) is 0. The van der Waals surface area contributed by atoms with E-state index >= 15 is 0 Å². The number of aliphatic hydroxyl groups is 1. The first-order valence-electron chi connectivity index (χ1n) is 12.0. The second kappa shape index (κ2) is 22.1. The Morgan fingerprint density at radius 1 is 0.655 bits per heavy atom. The standard InChI is InChI=1S/C23H48O4S.Na/c1-3-5-6-7-8-9-10-14-17-20-23(28(25,26)27)21-18-15-12-11-13-16-19-22(24)4-2;/h22-24H,3-21H2,1-2H3,(H,25,26,27);/q;+1/p-1. The van der Waals surface area contributed by atoms with Crippen LogP contribution in [0.3, 0.4) is 0 Å². The third-order valence-electron chi connectivity index (χ3n) is 5.82. The molecule has 1 N–H and O–H groups in total. The summed E-state index contributed by atoms with van der Waals surface area (Å²) in [4.78, 5) is 0. The molecule has 0 saturated heterocycles. The number of hydrogen-bond donors (Lipinski definition) is 1. The maximum Gasteiger partial charge on any atom is 1.00 e. The summed E-state index contributed by atoms with van der Waals surface area (Å²) in [7, 11) is -4.16. The minimum absolute atomic E-state index is 0. The van der Waals surface area contributed by atoms with Crippen molar-refractivity contribution in [2.24, 2.45) is 0 Å². The van der Waals surface area contributed by atoms with Crippen LogP contribution >= 0.6 is 0 Å². The van der Waals surface area contributed by atoms with Gasteiger partial charge in [-0.15, -0.1) is 0 Å². The Morgan fingerprint density at radius 2 is 1.00 bits per heavy atom. The van der Waals surface area contributed by atoms with Gasteiger partial charge >= 0.3 is 29.6 Å². The van der Waals surface area contributed by atoms with Gasteiger partial charge in [0.2, 0.25) is 0 Å². The zero-order valence-corrected chi connectivity index (χ0v) is 22.5. The van der Waals surface area contributed by atoms with Gasteiger partial charge in [-0.2, -0.15) is 0 Å². The second-order valence-electron chi connectivity index (χ2n) is 8.49. The van der Waals surface area contributed by atoms with Crippen LogP contribution < -0.4 is 29.6 Å². The number of aliphatic hydroxyl groups excluding tert-OH is 1. The summed E-state index contributed by atoms with van der Waals surface area (Å²) >= 11 is 0. The van der Waals surface area contributed by atoms with E-state index in [1.54, 1.807) is 0 Å². The second-order valence-corrected chi connectivity index (χ2v) is 10.1. The molecular formula is C23H47NaO4S. The average molecular weight is 443 g/mol. The van der Waals surface area contributed by atoms with Crippen LogP contribution in [-0.2, 0) is 10.1 Å². The fraction of sp³-hybridized carbons (Fsp3) is 1.00. The third-order valence-corrected chi connectivity index (χ3v) is 7.11. The van der Waals surface area contributed by atoms with Crippen molar-refractivity contribution in [3.63, 3.8) is 0 Å². The molecule has 0 aromatic rings. The van der Waals surface area contributed by atoms with E-state index in [9.17, 15) is 18.1 Å². The van der Waals surface area contributed by atoms with Gasteiger partial charge in [0, 0.05) is 5.25 Å². The van der Waals surface area contributed by atoms with E-state index in [1.165, 1.54) is 38.5 Å². The van der Waals surface area contributed by atoms with Gasteiger partial charge in [-0.3, -0.25) is 0 Å². The van der Waals surface area contributed by atoms with E-state index in [1.807, 2.05) is 6.92 Å². The topological polar surface area (TPSA) is 77.4 Å². The number of rotatable bonds is 21. The van der Waals surface area contributed by atoms with Gasteiger partial charge in [0.1, 0.15) is 0 Å². The van der Waals surface area contributed by atoms with Crippen LogP contribution in [-0.4, -0.2) is 29.4 Å². The van der Waals surface area contributed by atoms with Crippen LogP contribution in [0.4, 0.5) is 0 Å². The first-order chi connectivity index (χ1) is 13.4. The van der Waals surface area contributed by atoms with Gasteiger partial charge in [0.25, 0.3) is 0 Å². The maximum absolute atomic E-state index is 11.5. The van der Waals surface area contributed by atoms with Gasteiger partial charge in [0.15, 0.2) is 0 Å². The molecule has 170 valence electrons. The van der Waals surface area contributed by atoms with Crippen LogP contribution in [0.15, 0.2) is 0 Å². The fourth-order valence-corrected chi connectivity index (χ4v) is 4.69. The van der Waals surface area contributed by atoms with Crippen molar-refractivity contribution < 1.29 is 47.6 Å². The molecule has 0 aromatic carbocycles.